The quantitative estimate of drug-likeness (QED) is 0.641. The molecular formula is C9H13NO3. The van der Waals surface area contributed by atoms with E-state index in [0.29, 0.717) is 24.8 Å². The Morgan fingerprint density at radius 2 is 2.15 bits per heavy atom. The van der Waals surface area contributed by atoms with Gasteiger partial charge in [0.25, 0.3) is 5.88 Å². The Morgan fingerprint density at radius 3 is 2.85 bits per heavy atom. The molecule has 4 heteroatoms. The highest BCUT2D eigenvalue weighted by atomic mass is 16.5. The molecule has 13 heavy (non-hydrogen) atoms. The van der Waals surface area contributed by atoms with E-state index in [9.17, 15) is 0 Å². The van der Waals surface area contributed by atoms with Crippen LogP contribution in [0.2, 0.25) is 0 Å². The molecule has 0 aromatic carbocycles. The Hall–Kier alpha value is -1.29. The lowest BCUT2D eigenvalue weighted by atomic mass is 10.4. The minimum Gasteiger partial charge on any atom is -0.486 e. The average molecular weight is 183 g/mol. The van der Waals surface area contributed by atoms with Crippen LogP contribution in [0, 0.1) is 0 Å². The molecule has 4 nitrogen and oxygen atoms in total. The highest BCUT2D eigenvalue weighted by Gasteiger charge is 2.02. The summed E-state index contributed by atoms with van der Waals surface area (Å²) in [4.78, 5) is 3.99. The van der Waals surface area contributed by atoms with Crippen molar-refractivity contribution in [3.8, 4) is 11.6 Å². The first-order valence-corrected chi connectivity index (χ1v) is 3.99. The Balaban J connectivity index is 2.54. The molecule has 0 unspecified atom stereocenters. The fourth-order valence-electron chi connectivity index (χ4n) is 0.874. The Kier molecular flexibility index (Phi) is 4.05. The molecule has 0 fully saturated rings. The molecule has 0 saturated carbocycles. The van der Waals surface area contributed by atoms with Gasteiger partial charge >= 0.3 is 0 Å². The van der Waals surface area contributed by atoms with Gasteiger partial charge in [-0.3, -0.25) is 0 Å². The van der Waals surface area contributed by atoms with E-state index in [1.807, 2.05) is 6.07 Å². The van der Waals surface area contributed by atoms with Crippen LogP contribution >= 0.6 is 0 Å². The third-order valence-corrected chi connectivity index (χ3v) is 1.47. The van der Waals surface area contributed by atoms with Crippen molar-refractivity contribution in [2.75, 3.05) is 27.4 Å². The molecule has 0 aliphatic rings. The zero-order valence-corrected chi connectivity index (χ0v) is 7.82. The summed E-state index contributed by atoms with van der Waals surface area (Å²) in [6.07, 6.45) is 1.65. The van der Waals surface area contributed by atoms with Crippen LogP contribution in [0.25, 0.3) is 0 Å². The third kappa shape index (κ3) is 2.91. The number of hydrogen-bond acceptors (Lipinski definition) is 4. The van der Waals surface area contributed by atoms with Crippen molar-refractivity contribution in [2.45, 2.75) is 0 Å². The van der Waals surface area contributed by atoms with E-state index in [1.54, 1.807) is 26.5 Å². The monoisotopic (exact) mass is 183 g/mol. The Labute approximate surface area is 77.5 Å². The van der Waals surface area contributed by atoms with Gasteiger partial charge in [-0.25, -0.2) is 4.98 Å². The second kappa shape index (κ2) is 5.37. The molecule has 0 spiro atoms. The van der Waals surface area contributed by atoms with Crippen LogP contribution < -0.4 is 9.47 Å². The van der Waals surface area contributed by atoms with E-state index in [0.717, 1.165) is 0 Å². The van der Waals surface area contributed by atoms with Gasteiger partial charge in [-0.2, -0.15) is 0 Å². The molecule has 0 aliphatic carbocycles. The normalized spacial score (nSPS) is 9.69. The molecule has 0 N–H and O–H groups in total. The van der Waals surface area contributed by atoms with Crippen LogP contribution in [0.3, 0.4) is 0 Å². The summed E-state index contributed by atoms with van der Waals surface area (Å²) < 4.78 is 15.2. The van der Waals surface area contributed by atoms with Gasteiger partial charge in [-0.15, -0.1) is 0 Å². The molecule has 0 saturated heterocycles. The van der Waals surface area contributed by atoms with Crippen LogP contribution in [0.5, 0.6) is 11.6 Å². The lowest BCUT2D eigenvalue weighted by Gasteiger charge is -2.07. The number of methoxy groups -OCH3 is 2. The molecule has 0 radical (unpaired) electrons. The first kappa shape index (κ1) is 9.80. The van der Waals surface area contributed by atoms with Gasteiger partial charge < -0.3 is 14.2 Å². The van der Waals surface area contributed by atoms with Crippen LogP contribution in [-0.2, 0) is 4.74 Å². The molecule has 1 aromatic rings. The van der Waals surface area contributed by atoms with Crippen molar-refractivity contribution in [1.29, 1.82) is 0 Å². The van der Waals surface area contributed by atoms with Crippen molar-refractivity contribution in [3.63, 3.8) is 0 Å². The van der Waals surface area contributed by atoms with Gasteiger partial charge in [0.2, 0.25) is 0 Å². The average Bonchev–Trinajstić information content (AvgIpc) is 2.19. The van der Waals surface area contributed by atoms with Gasteiger partial charge in [-0.05, 0) is 12.1 Å². The zero-order valence-electron chi connectivity index (χ0n) is 7.82. The lowest BCUT2D eigenvalue weighted by Crippen LogP contribution is -2.05. The first-order valence-electron chi connectivity index (χ1n) is 3.99. The number of nitrogens with zero attached hydrogens (tertiary/aromatic N) is 1. The van der Waals surface area contributed by atoms with Crippen LogP contribution in [0.15, 0.2) is 18.3 Å². The number of pyridine rings is 1. The predicted octanol–water partition coefficient (Wildman–Crippen LogP) is 1.12. The number of ether oxygens (including phenoxy) is 3. The maximum Gasteiger partial charge on any atom is 0.256 e. The van der Waals surface area contributed by atoms with Crippen molar-refractivity contribution < 1.29 is 14.2 Å². The predicted molar refractivity (Wildman–Crippen MR) is 48.2 cm³/mol. The van der Waals surface area contributed by atoms with Gasteiger partial charge in [0, 0.05) is 13.3 Å². The van der Waals surface area contributed by atoms with E-state index in [1.165, 1.54) is 0 Å². The SMILES string of the molecule is COCCOc1cccnc1OC. The Morgan fingerprint density at radius 1 is 1.31 bits per heavy atom. The van der Waals surface area contributed by atoms with Gasteiger partial charge in [-0.1, -0.05) is 0 Å². The highest BCUT2D eigenvalue weighted by Crippen LogP contribution is 2.22. The number of hydrogen-bond donors (Lipinski definition) is 0. The van der Waals surface area contributed by atoms with E-state index in [4.69, 9.17) is 14.2 Å². The van der Waals surface area contributed by atoms with Gasteiger partial charge in [0.05, 0.1) is 13.7 Å². The first-order chi connectivity index (χ1) is 6.38. The molecule has 0 bridgehead atoms. The van der Waals surface area contributed by atoms with Crippen LogP contribution in [-0.4, -0.2) is 32.4 Å². The summed E-state index contributed by atoms with van der Waals surface area (Å²) in [5, 5.41) is 0. The summed E-state index contributed by atoms with van der Waals surface area (Å²) >= 11 is 0. The fraction of sp³-hybridized carbons (Fsp3) is 0.444. The third-order valence-electron chi connectivity index (χ3n) is 1.47. The van der Waals surface area contributed by atoms with E-state index in [-0.39, 0.29) is 0 Å². The second-order valence-electron chi connectivity index (χ2n) is 2.35. The molecule has 0 aliphatic heterocycles. The minimum atomic E-state index is 0.499. The van der Waals surface area contributed by atoms with Crippen molar-refractivity contribution in [2.24, 2.45) is 0 Å². The van der Waals surface area contributed by atoms with Crippen LogP contribution in [0.1, 0.15) is 0 Å². The smallest absolute Gasteiger partial charge is 0.256 e. The zero-order chi connectivity index (χ0) is 9.52. The fourth-order valence-corrected chi connectivity index (χ4v) is 0.874. The standard InChI is InChI=1S/C9H13NO3/c1-11-6-7-13-8-4-3-5-10-9(8)12-2/h3-5H,6-7H2,1-2H3. The summed E-state index contributed by atoms with van der Waals surface area (Å²) in [6, 6.07) is 3.60. The topological polar surface area (TPSA) is 40.6 Å². The lowest BCUT2D eigenvalue weighted by molar-refractivity contribution is 0.143. The van der Waals surface area contributed by atoms with E-state index in [2.05, 4.69) is 4.98 Å². The largest absolute Gasteiger partial charge is 0.486 e. The second-order valence-corrected chi connectivity index (χ2v) is 2.35. The van der Waals surface area contributed by atoms with Crippen molar-refractivity contribution >= 4 is 0 Å². The van der Waals surface area contributed by atoms with Gasteiger partial charge in [0.1, 0.15) is 6.61 Å². The molecule has 1 heterocycles. The molecule has 0 amide bonds. The molecule has 1 rings (SSSR count). The molecule has 0 atom stereocenters. The van der Waals surface area contributed by atoms with Crippen LogP contribution in [0.4, 0.5) is 0 Å². The minimum absolute atomic E-state index is 0.499. The summed E-state index contributed by atoms with van der Waals surface area (Å²) in [5.41, 5.74) is 0. The Bertz CT molecular complexity index is 252. The molecular weight excluding hydrogens is 170 g/mol. The maximum absolute atomic E-state index is 5.36. The highest BCUT2D eigenvalue weighted by molar-refractivity contribution is 5.32. The molecule has 72 valence electrons. The van der Waals surface area contributed by atoms with Crippen molar-refractivity contribution in [1.82, 2.24) is 4.98 Å². The van der Waals surface area contributed by atoms with E-state index >= 15 is 0 Å². The number of aromatic nitrogens is 1. The maximum atomic E-state index is 5.36. The summed E-state index contributed by atoms with van der Waals surface area (Å²) in [5.74, 6) is 1.14. The summed E-state index contributed by atoms with van der Waals surface area (Å²) in [7, 11) is 3.19. The number of rotatable bonds is 5. The van der Waals surface area contributed by atoms with E-state index < -0.39 is 0 Å². The summed E-state index contributed by atoms with van der Waals surface area (Å²) in [6.45, 7) is 1.05. The van der Waals surface area contributed by atoms with Gasteiger partial charge in [0.15, 0.2) is 5.75 Å². The van der Waals surface area contributed by atoms with Crippen molar-refractivity contribution in [3.05, 3.63) is 18.3 Å². The molecule has 1 aromatic heterocycles.